The van der Waals surface area contributed by atoms with Crippen LogP contribution in [0.4, 0.5) is 0 Å². The van der Waals surface area contributed by atoms with Crippen LogP contribution in [0.1, 0.15) is 367 Å². The van der Waals surface area contributed by atoms with Crippen molar-refractivity contribution in [2.24, 2.45) is 0 Å². The molecule has 1 amide bonds. The first-order chi connectivity index (χ1) is 38.4. The van der Waals surface area contributed by atoms with Crippen molar-refractivity contribution in [3.63, 3.8) is 0 Å². The Morgan fingerprint density at radius 1 is 0.430 bits per heavy atom. The number of carbonyl (C=O) groups is 2. The molecule has 0 aliphatic carbocycles. The number of likely N-dealkylation sites (N-methyl/N-ethyl adjacent to an activating group) is 1. The third-order valence-electron chi connectivity index (χ3n) is 16.2. The van der Waals surface area contributed by atoms with E-state index in [1.807, 2.05) is 33.3 Å². The summed E-state index contributed by atoms with van der Waals surface area (Å²) in [6.45, 7) is 6.91. The normalized spacial score (nSPS) is 13.6. The maximum absolute atomic E-state index is 13.6. The van der Waals surface area contributed by atoms with Gasteiger partial charge in [0.1, 0.15) is 19.3 Å². The Balaban J connectivity index is 4.97. The lowest BCUT2D eigenvalue weighted by molar-refractivity contribution is -0.870. The summed E-state index contributed by atoms with van der Waals surface area (Å²) in [6.07, 6.45) is 70.5. The SMILES string of the molecule is CCCCCCCCCCC/C=C\C(OC(=O)CCCCCCCCCCCCCCCCCCCCCCCCCCC)C(COP(=O)([O-])OCC[N+](C)(C)C)NC(=O)CCCCCCCCCCCCCCCCCCC. The van der Waals surface area contributed by atoms with Crippen LogP contribution in [-0.4, -0.2) is 69.4 Å². The van der Waals surface area contributed by atoms with Gasteiger partial charge in [0.25, 0.3) is 7.82 Å². The molecule has 470 valence electrons. The zero-order chi connectivity index (χ0) is 57.9. The van der Waals surface area contributed by atoms with Crippen LogP contribution < -0.4 is 10.2 Å². The van der Waals surface area contributed by atoms with Crippen molar-refractivity contribution < 1.29 is 37.3 Å². The second-order valence-corrected chi connectivity index (χ2v) is 26.8. The number of quaternary nitrogens is 1. The molecule has 10 heteroatoms. The summed E-state index contributed by atoms with van der Waals surface area (Å²) < 4.78 is 30.4. The molecule has 0 aromatic rings. The minimum Gasteiger partial charge on any atom is -0.756 e. The number of amides is 1. The van der Waals surface area contributed by atoms with Gasteiger partial charge in [-0.15, -0.1) is 0 Å². The number of phosphoric ester groups is 1. The van der Waals surface area contributed by atoms with E-state index in [-0.39, 0.29) is 31.5 Å². The quantitative estimate of drug-likeness (QED) is 0.0212. The van der Waals surface area contributed by atoms with Crippen LogP contribution in [-0.2, 0) is 27.9 Å². The van der Waals surface area contributed by atoms with Crippen molar-refractivity contribution in [1.29, 1.82) is 0 Å². The fourth-order valence-electron chi connectivity index (χ4n) is 10.8. The number of nitrogens with one attached hydrogen (secondary N) is 1. The number of allylic oxidation sites excluding steroid dienone is 1. The molecule has 0 spiro atoms. The van der Waals surface area contributed by atoms with Gasteiger partial charge in [0.15, 0.2) is 0 Å². The maximum Gasteiger partial charge on any atom is 0.306 e. The molecule has 0 heterocycles. The smallest absolute Gasteiger partial charge is 0.306 e. The highest BCUT2D eigenvalue weighted by atomic mass is 31.2. The van der Waals surface area contributed by atoms with Crippen LogP contribution >= 0.6 is 7.82 Å². The Morgan fingerprint density at radius 2 is 0.722 bits per heavy atom. The summed E-state index contributed by atoms with van der Waals surface area (Å²) in [4.78, 5) is 40.1. The molecule has 3 atom stereocenters. The molecule has 9 nitrogen and oxygen atoms in total. The Bertz CT molecular complexity index is 1360. The Morgan fingerprint density at radius 3 is 1.04 bits per heavy atom. The Kier molecular flexibility index (Phi) is 58.9. The van der Waals surface area contributed by atoms with Crippen LogP contribution in [0.25, 0.3) is 0 Å². The third kappa shape index (κ3) is 61.1. The fourth-order valence-corrected chi connectivity index (χ4v) is 11.5. The summed E-state index contributed by atoms with van der Waals surface area (Å²) in [6, 6.07) is -0.880. The molecule has 0 fully saturated rings. The number of unbranched alkanes of at least 4 members (excludes halogenated alkanes) is 49. The van der Waals surface area contributed by atoms with Gasteiger partial charge in [0.05, 0.1) is 33.8 Å². The molecule has 0 aromatic heterocycles. The summed E-state index contributed by atoms with van der Waals surface area (Å²) in [7, 11) is 1.21. The molecule has 0 aliphatic rings. The lowest BCUT2D eigenvalue weighted by Crippen LogP contribution is -2.47. The van der Waals surface area contributed by atoms with Gasteiger partial charge in [-0.1, -0.05) is 335 Å². The van der Waals surface area contributed by atoms with Crippen LogP contribution in [0, 0.1) is 0 Å². The first-order valence-electron chi connectivity index (χ1n) is 35.0. The molecule has 0 bridgehead atoms. The van der Waals surface area contributed by atoms with Crippen LogP contribution in [0.15, 0.2) is 12.2 Å². The molecule has 1 N–H and O–H groups in total. The Hall–Kier alpha value is -1.25. The molecule has 0 aliphatic heterocycles. The van der Waals surface area contributed by atoms with Gasteiger partial charge in [0, 0.05) is 12.8 Å². The van der Waals surface area contributed by atoms with E-state index < -0.39 is 20.0 Å². The third-order valence-corrected chi connectivity index (χ3v) is 17.2. The van der Waals surface area contributed by atoms with Gasteiger partial charge in [0.2, 0.25) is 5.91 Å². The molecule has 79 heavy (non-hydrogen) atoms. The van der Waals surface area contributed by atoms with Gasteiger partial charge >= 0.3 is 5.97 Å². The predicted octanol–water partition coefficient (Wildman–Crippen LogP) is 21.3. The average molecular weight is 1140 g/mol. The van der Waals surface area contributed by atoms with Crippen LogP contribution in [0.2, 0.25) is 0 Å². The van der Waals surface area contributed by atoms with Crippen molar-refractivity contribution in [2.75, 3.05) is 40.9 Å². The zero-order valence-corrected chi connectivity index (χ0v) is 54.8. The minimum absolute atomic E-state index is 0.0166. The van der Waals surface area contributed by atoms with Gasteiger partial charge in [-0.2, -0.15) is 0 Å². The second kappa shape index (κ2) is 59.9. The minimum atomic E-state index is -4.69. The molecule has 0 radical (unpaired) electrons. The van der Waals surface area contributed by atoms with E-state index in [0.717, 1.165) is 57.8 Å². The van der Waals surface area contributed by atoms with Crippen molar-refractivity contribution in [3.05, 3.63) is 12.2 Å². The molecular formula is C69H137N2O7P. The summed E-state index contributed by atoms with van der Waals surface area (Å²) in [5, 5.41) is 3.04. The van der Waals surface area contributed by atoms with E-state index in [4.69, 9.17) is 13.8 Å². The molecule has 0 saturated heterocycles. The number of hydrogen-bond donors (Lipinski definition) is 1. The first-order valence-corrected chi connectivity index (χ1v) is 36.5. The lowest BCUT2D eigenvalue weighted by atomic mass is 10.0. The van der Waals surface area contributed by atoms with Crippen molar-refractivity contribution in [1.82, 2.24) is 5.32 Å². The van der Waals surface area contributed by atoms with E-state index in [9.17, 15) is 19.0 Å². The maximum atomic E-state index is 13.6. The molecule has 0 aromatic carbocycles. The van der Waals surface area contributed by atoms with Crippen molar-refractivity contribution in [3.8, 4) is 0 Å². The average Bonchev–Trinajstić information content (AvgIpc) is 3.41. The van der Waals surface area contributed by atoms with Crippen LogP contribution in [0.3, 0.4) is 0 Å². The summed E-state index contributed by atoms with van der Waals surface area (Å²) in [5.41, 5.74) is 0. The highest BCUT2D eigenvalue weighted by Crippen LogP contribution is 2.38. The Labute approximate surface area is 492 Å². The topological polar surface area (TPSA) is 114 Å². The van der Waals surface area contributed by atoms with Crippen molar-refractivity contribution >= 4 is 19.7 Å². The van der Waals surface area contributed by atoms with E-state index in [0.29, 0.717) is 17.4 Å². The van der Waals surface area contributed by atoms with E-state index >= 15 is 0 Å². The van der Waals surface area contributed by atoms with Crippen molar-refractivity contribution in [2.45, 2.75) is 380 Å². The number of hydrogen-bond acceptors (Lipinski definition) is 7. The number of rotatable bonds is 65. The molecular weight excluding hydrogens is 1000 g/mol. The summed E-state index contributed by atoms with van der Waals surface area (Å²) in [5.74, 6) is -0.515. The number of ether oxygens (including phenoxy) is 1. The highest BCUT2D eigenvalue weighted by molar-refractivity contribution is 7.45. The van der Waals surface area contributed by atoms with Gasteiger partial charge in [-0.3, -0.25) is 14.2 Å². The van der Waals surface area contributed by atoms with Gasteiger partial charge in [-0.05, 0) is 31.8 Å². The molecule has 0 rings (SSSR count). The second-order valence-electron chi connectivity index (χ2n) is 25.4. The number of esters is 1. The number of phosphoric acid groups is 1. The number of carbonyl (C=O) groups excluding carboxylic acids is 2. The zero-order valence-electron chi connectivity index (χ0n) is 53.9. The predicted molar refractivity (Wildman–Crippen MR) is 340 cm³/mol. The molecule has 3 unspecified atom stereocenters. The lowest BCUT2D eigenvalue weighted by Gasteiger charge is -2.30. The number of nitrogens with zero attached hydrogens (tertiary/aromatic N) is 1. The monoisotopic (exact) mass is 1140 g/mol. The van der Waals surface area contributed by atoms with E-state index in [1.165, 1.54) is 276 Å². The summed E-state index contributed by atoms with van der Waals surface area (Å²) >= 11 is 0. The largest absolute Gasteiger partial charge is 0.756 e. The fraction of sp³-hybridized carbons (Fsp3) is 0.942. The highest BCUT2D eigenvalue weighted by Gasteiger charge is 2.27. The van der Waals surface area contributed by atoms with Gasteiger partial charge < -0.3 is 28.5 Å². The van der Waals surface area contributed by atoms with Gasteiger partial charge in [-0.25, -0.2) is 0 Å². The van der Waals surface area contributed by atoms with Crippen LogP contribution in [0.5, 0.6) is 0 Å². The first kappa shape index (κ1) is 77.8. The van der Waals surface area contributed by atoms with E-state index in [1.54, 1.807) is 0 Å². The van der Waals surface area contributed by atoms with E-state index in [2.05, 4.69) is 26.1 Å². The molecule has 0 saturated carbocycles. The standard InChI is InChI=1S/C69H137N2O7P/c1-7-10-13-16-19-22-25-27-29-31-32-33-34-35-36-37-38-40-42-44-47-50-53-56-59-62-69(73)78-67(60-57-54-51-48-45-24-21-18-15-12-9-3)66(65-77-79(74,75)76-64-63-71(4,5)6)70-68(72)61-58-55-52-49-46-43-41-39-30-28-26-23-20-17-14-11-8-2/h57,60,66-67H,7-56,58-59,61-65H2,1-6H3,(H-,70,72,74,75)/b60-57-.